The Bertz CT molecular complexity index is 860. The number of para-hydroxylation sites is 1. The molecule has 4 N–H and O–H groups in total. The Kier molecular flexibility index (Phi) is 7.12. The van der Waals surface area contributed by atoms with Crippen LogP contribution in [0.2, 0.25) is 0 Å². The predicted octanol–water partition coefficient (Wildman–Crippen LogP) is 2.27. The molecule has 1 saturated carbocycles. The van der Waals surface area contributed by atoms with Gasteiger partial charge in [-0.15, -0.1) is 0 Å². The summed E-state index contributed by atoms with van der Waals surface area (Å²) in [6, 6.07) is 3.92. The van der Waals surface area contributed by atoms with E-state index >= 15 is 0 Å². The van der Waals surface area contributed by atoms with Crippen molar-refractivity contribution in [2.75, 3.05) is 23.4 Å². The van der Waals surface area contributed by atoms with E-state index in [9.17, 15) is 18.0 Å². The molecule has 0 aromatic heterocycles. The van der Waals surface area contributed by atoms with Crippen molar-refractivity contribution in [3.63, 3.8) is 0 Å². The molecular weight excluding hydrogens is 396 g/mol. The van der Waals surface area contributed by atoms with Crippen molar-refractivity contribution in [3.8, 4) is 0 Å². The van der Waals surface area contributed by atoms with E-state index in [-0.39, 0.29) is 4.90 Å². The standard InChI is InChI=1S/C19H30N4O5S/c1-12(22-23-18(25)28-19(2,3)4)17(24)21-14-7-6-8-15(29(5,26)27)16(14)20-11-13-9-10-13/h6-8,12-13,20,22H,9-11H2,1-5H3,(H,21,24)(H,23,25). The average Bonchev–Trinajstić information content (AvgIpc) is 3.40. The highest BCUT2D eigenvalue weighted by molar-refractivity contribution is 7.90. The van der Waals surface area contributed by atoms with Crippen molar-refractivity contribution in [1.82, 2.24) is 10.9 Å². The molecular formula is C19H30N4O5S. The molecule has 2 rings (SSSR count). The van der Waals surface area contributed by atoms with Crippen molar-refractivity contribution in [2.45, 2.75) is 57.1 Å². The number of carbonyl (C=O) groups excluding carboxylic acids is 2. The van der Waals surface area contributed by atoms with E-state index in [1.165, 1.54) is 6.07 Å². The smallest absolute Gasteiger partial charge is 0.422 e. The van der Waals surface area contributed by atoms with Crippen LogP contribution in [0.3, 0.4) is 0 Å². The van der Waals surface area contributed by atoms with Gasteiger partial charge in [-0.05, 0) is 58.6 Å². The molecule has 0 radical (unpaired) electrons. The van der Waals surface area contributed by atoms with Gasteiger partial charge in [-0.1, -0.05) is 6.07 Å². The van der Waals surface area contributed by atoms with E-state index < -0.39 is 33.5 Å². The van der Waals surface area contributed by atoms with Gasteiger partial charge >= 0.3 is 6.09 Å². The predicted molar refractivity (Wildman–Crippen MR) is 111 cm³/mol. The number of hydrogen-bond donors (Lipinski definition) is 4. The first-order valence-electron chi connectivity index (χ1n) is 9.49. The zero-order chi connectivity index (χ0) is 21.8. The molecule has 162 valence electrons. The minimum Gasteiger partial charge on any atom is -0.443 e. The maximum atomic E-state index is 12.5. The number of hydrazine groups is 1. The van der Waals surface area contributed by atoms with E-state index in [1.807, 2.05) is 0 Å². The molecule has 1 aromatic rings. The molecule has 1 fully saturated rings. The number of benzene rings is 1. The molecule has 0 spiro atoms. The molecule has 29 heavy (non-hydrogen) atoms. The van der Waals surface area contributed by atoms with Gasteiger partial charge in [0.1, 0.15) is 11.6 Å². The van der Waals surface area contributed by atoms with Crippen molar-refractivity contribution < 1.29 is 22.7 Å². The van der Waals surface area contributed by atoms with E-state index in [0.717, 1.165) is 19.1 Å². The van der Waals surface area contributed by atoms with E-state index in [1.54, 1.807) is 39.8 Å². The Morgan fingerprint density at radius 1 is 1.24 bits per heavy atom. The summed E-state index contributed by atoms with van der Waals surface area (Å²) in [5, 5.41) is 5.89. The third-order valence-electron chi connectivity index (χ3n) is 4.13. The Morgan fingerprint density at radius 2 is 1.90 bits per heavy atom. The second-order valence-electron chi connectivity index (χ2n) is 8.26. The first kappa shape index (κ1) is 23.0. The summed E-state index contributed by atoms with van der Waals surface area (Å²) >= 11 is 0. The molecule has 1 aliphatic carbocycles. The number of hydrogen-bond acceptors (Lipinski definition) is 7. The van der Waals surface area contributed by atoms with Gasteiger partial charge in [-0.2, -0.15) is 0 Å². The monoisotopic (exact) mass is 426 g/mol. The lowest BCUT2D eigenvalue weighted by molar-refractivity contribution is -0.117. The number of anilines is 2. The van der Waals surface area contributed by atoms with Crippen LogP contribution in [0.5, 0.6) is 0 Å². The van der Waals surface area contributed by atoms with E-state index in [2.05, 4.69) is 21.5 Å². The summed E-state index contributed by atoms with van der Waals surface area (Å²) in [6.45, 7) is 7.39. The van der Waals surface area contributed by atoms with Crippen LogP contribution in [0.1, 0.15) is 40.5 Å². The largest absolute Gasteiger partial charge is 0.443 e. The first-order valence-corrected chi connectivity index (χ1v) is 11.4. The molecule has 0 saturated heterocycles. The van der Waals surface area contributed by atoms with Gasteiger partial charge in [0, 0.05) is 12.8 Å². The van der Waals surface area contributed by atoms with Gasteiger partial charge in [0.05, 0.1) is 16.3 Å². The van der Waals surface area contributed by atoms with Gasteiger partial charge in [0.15, 0.2) is 9.84 Å². The topological polar surface area (TPSA) is 126 Å². The Hall–Kier alpha value is -2.33. The summed E-state index contributed by atoms with van der Waals surface area (Å²) in [5.41, 5.74) is 4.98. The summed E-state index contributed by atoms with van der Waals surface area (Å²) in [7, 11) is -3.48. The highest BCUT2D eigenvalue weighted by atomic mass is 32.2. The lowest BCUT2D eigenvalue weighted by atomic mass is 10.2. The maximum Gasteiger partial charge on any atom is 0.422 e. The summed E-state index contributed by atoms with van der Waals surface area (Å²) in [4.78, 5) is 24.4. The quantitative estimate of drug-likeness (QED) is 0.470. The maximum absolute atomic E-state index is 12.5. The van der Waals surface area contributed by atoms with Crippen molar-refractivity contribution in [3.05, 3.63) is 18.2 Å². The fourth-order valence-electron chi connectivity index (χ4n) is 2.47. The third-order valence-corrected chi connectivity index (χ3v) is 5.27. The number of carbonyl (C=O) groups is 2. The molecule has 1 aromatic carbocycles. The van der Waals surface area contributed by atoms with E-state index in [0.29, 0.717) is 23.8 Å². The highest BCUT2D eigenvalue weighted by Gasteiger charge is 2.25. The molecule has 1 atom stereocenters. The van der Waals surface area contributed by atoms with Gasteiger partial charge < -0.3 is 15.4 Å². The second kappa shape index (κ2) is 9.00. The SMILES string of the molecule is CC(NNC(=O)OC(C)(C)C)C(=O)Nc1cccc(S(C)(=O)=O)c1NCC1CC1. The number of amides is 2. The normalized spacial score (nSPS) is 15.3. The highest BCUT2D eigenvalue weighted by Crippen LogP contribution is 2.34. The molecule has 0 bridgehead atoms. The second-order valence-corrected chi connectivity index (χ2v) is 10.2. The summed E-state index contributed by atoms with van der Waals surface area (Å²) < 4.78 is 29.4. The van der Waals surface area contributed by atoms with Crippen LogP contribution < -0.4 is 21.5 Å². The van der Waals surface area contributed by atoms with Crippen LogP contribution in [0.25, 0.3) is 0 Å². The van der Waals surface area contributed by atoms with Crippen LogP contribution in [-0.4, -0.2) is 44.9 Å². The molecule has 0 heterocycles. The lowest BCUT2D eigenvalue weighted by Crippen LogP contribution is -2.49. The Labute approximate surface area is 171 Å². The fourth-order valence-corrected chi connectivity index (χ4v) is 3.35. The van der Waals surface area contributed by atoms with Crippen molar-refractivity contribution in [1.29, 1.82) is 0 Å². The van der Waals surface area contributed by atoms with Crippen molar-refractivity contribution in [2.24, 2.45) is 5.92 Å². The van der Waals surface area contributed by atoms with Gasteiger partial charge in [-0.3, -0.25) is 10.2 Å². The zero-order valence-electron chi connectivity index (χ0n) is 17.5. The summed E-state index contributed by atoms with van der Waals surface area (Å²) in [6.07, 6.45) is 2.63. The minimum atomic E-state index is -3.48. The molecule has 2 amide bonds. The van der Waals surface area contributed by atoms with E-state index in [4.69, 9.17) is 4.74 Å². The number of rotatable bonds is 8. The molecule has 10 heteroatoms. The molecule has 1 unspecified atom stereocenters. The number of sulfone groups is 1. The minimum absolute atomic E-state index is 0.128. The van der Waals surface area contributed by atoms with Gasteiger partial charge in [-0.25, -0.2) is 18.6 Å². The lowest BCUT2D eigenvalue weighted by Gasteiger charge is -2.22. The van der Waals surface area contributed by atoms with Crippen LogP contribution >= 0.6 is 0 Å². The number of ether oxygens (including phenoxy) is 1. The van der Waals surface area contributed by atoms with Crippen molar-refractivity contribution >= 4 is 33.2 Å². The van der Waals surface area contributed by atoms with Crippen LogP contribution in [0.4, 0.5) is 16.2 Å². The summed E-state index contributed by atoms with van der Waals surface area (Å²) in [5.74, 6) is 0.0750. The van der Waals surface area contributed by atoms with Crippen LogP contribution in [-0.2, 0) is 19.4 Å². The average molecular weight is 427 g/mol. The molecule has 1 aliphatic rings. The third kappa shape index (κ3) is 7.54. The number of nitrogens with one attached hydrogen (secondary N) is 4. The van der Waals surface area contributed by atoms with Gasteiger partial charge in [0.2, 0.25) is 5.91 Å². The Morgan fingerprint density at radius 3 is 2.45 bits per heavy atom. The Balaban J connectivity index is 2.07. The van der Waals surface area contributed by atoms with Gasteiger partial charge in [0.25, 0.3) is 0 Å². The zero-order valence-corrected chi connectivity index (χ0v) is 18.3. The molecule has 0 aliphatic heterocycles. The molecule has 9 nitrogen and oxygen atoms in total. The first-order chi connectivity index (χ1) is 13.4. The fraction of sp³-hybridized carbons (Fsp3) is 0.579. The van der Waals surface area contributed by atoms with Crippen LogP contribution in [0.15, 0.2) is 23.1 Å². The van der Waals surface area contributed by atoms with Crippen LogP contribution in [0, 0.1) is 5.92 Å².